The van der Waals surface area contributed by atoms with E-state index in [0.29, 0.717) is 32.5 Å². The van der Waals surface area contributed by atoms with Crippen LogP contribution >= 0.6 is 27.3 Å². The van der Waals surface area contributed by atoms with Gasteiger partial charge < -0.3 is 5.11 Å². The molecule has 3 aromatic carbocycles. The Bertz CT molecular complexity index is 1840. The number of carbonyl (C=O) groups is 1. The van der Waals surface area contributed by atoms with Crippen LogP contribution in [-0.2, 0) is 12.8 Å². The molecule has 1 amide bonds. The second-order valence-electron chi connectivity index (χ2n) is 9.28. The highest BCUT2D eigenvalue weighted by atomic mass is 79.9. The van der Waals surface area contributed by atoms with E-state index >= 15 is 0 Å². The van der Waals surface area contributed by atoms with Crippen LogP contribution in [0.3, 0.4) is 0 Å². The molecular formula is C29H23BrN4O3S. The van der Waals surface area contributed by atoms with E-state index in [1.807, 2.05) is 37.3 Å². The number of hydrogen-bond donors (Lipinski definition) is 2. The molecule has 1 aliphatic carbocycles. The second-order valence-corrected chi connectivity index (χ2v) is 11.2. The number of thiophene rings is 1. The second kappa shape index (κ2) is 9.81. The van der Waals surface area contributed by atoms with Gasteiger partial charge >= 0.3 is 0 Å². The summed E-state index contributed by atoms with van der Waals surface area (Å²) >= 11 is 4.99. The van der Waals surface area contributed by atoms with Crippen molar-refractivity contribution in [2.75, 3.05) is 0 Å². The standard InChI is InChI=1S/C29H23BrN4O3S/c1-16-32-28-25(21-11-4-5-12-24(21)38-28)29(37)34(16)19-9-6-8-18(13-19)27(36)33-31-15-22-20-10-3-2-7-17(20)14-23(30)26(22)35/h2-3,6-10,13-15,35H,4-5,11-12H2,1H3,(H,33,36)/b31-15+. The van der Waals surface area contributed by atoms with Crippen LogP contribution in [0, 0.1) is 6.92 Å². The van der Waals surface area contributed by atoms with Crippen LogP contribution in [0.5, 0.6) is 5.75 Å². The molecule has 0 atom stereocenters. The SMILES string of the molecule is Cc1nc2sc3c(c2c(=O)n1-c1cccc(C(=O)N/N=C/c2c(O)c(Br)cc4ccccc24)c1)CCCC3. The molecule has 190 valence electrons. The number of benzene rings is 3. The lowest BCUT2D eigenvalue weighted by Gasteiger charge is -2.13. The predicted molar refractivity (Wildman–Crippen MR) is 155 cm³/mol. The zero-order valence-corrected chi connectivity index (χ0v) is 22.9. The first kappa shape index (κ1) is 24.5. The molecule has 2 aromatic heterocycles. The molecule has 0 saturated carbocycles. The number of fused-ring (bicyclic) bond motifs is 4. The van der Waals surface area contributed by atoms with Crippen LogP contribution in [-0.4, -0.2) is 26.8 Å². The normalized spacial score (nSPS) is 13.3. The molecule has 2 N–H and O–H groups in total. The number of phenolic OH excluding ortho intramolecular Hbond substituents is 1. The molecular weight excluding hydrogens is 564 g/mol. The lowest BCUT2D eigenvalue weighted by Crippen LogP contribution is -2.23. The van der Waals surface area contributed by atoms with Gasteiger partial charge in [-0.05, 0) is 89.1 Å². The molecule has 0 unspecified atom stereocenters. The minimum Gasteiger partial charge on any atom is -0.506 e. The first-order valence-electron chi connectivity index (χ1n) is 12.3. The van der Waals surface area contributed by atoms with Crippen LogP contribution in [0.4, 0.5) is 0 Å². The third kappa shape index (κ3) is 4.21. The molecule has 5 aromatic rings. The highest BCUT2D eigenvalue weighted by Gasteiger charge is 2.22. The molecule has 0 fully saturated rings. The van der Waals surface area contributed by atoms with Crippen molar-refractivity contribution < 1.29 is 9.90 Å². The molecule has 9 heteroatoms. The van der Waals surface area contributed by atoms with E-state index < -0.39 is 5.91 Å². The Morgan fingerprint density at radius 2 is 1.97 bits per heavy atom. The van der Waals surface area contributed by atoms with Crippen molar-refractivity contribution in [1.29, 1.82) is 0 Å². The number of aromatic nitrogens is 2. The molecule has 38 heavy (non-hydrogen) atoms. The number of hydrazone groups is 1. The van der Waals surface area contributed by atoms with Crippen LogP contribution in [0.2, 0.25) is 0 Å². The van der Waals surface area contributed by atoms with Gasteiger partial charge in [0.2, 0.25) is 0 Å². The lowest BCUT2D eigenvalue weighted by molar-refractivity contribution is 0.0955. The lowest BCUT2D eigenvalue weighted by atomic mass is 9.97. The summed E-state index contributed by atoms with van der Waals surface area (Å²) in [5.74, 6) is 0.181. The van der Waals surface area contributed by atoms with E-state index in [0.717, 1.165) is 46.8 Å². The van der Waals surface area contributed by atoms with Crippen LogP contribution in [0.15, 0.2) is 69.0 Å². The van der Waals surface area contributed by atoms with E-state index in [1.165, 1.54) is 11.1 Å². The number of aromatic hydroxyl groups is 1. The van der Waals surface area contributed by atoms with Crippen molar-refractivity contribution in [3.05, 3.63) is 96.8 Å². The highest BCUT2D eigenvalue weighted by Crippen LogP contribution is 2.35. The van der Waals surface area contributed by atoms with Gasteiger partial charge in [-0.1, -0.05) is 30.3 Å². The fraction of sp³-hybridized carbons (Fsp3) is 0.172. The predicted octanol–water partition coefficient (Wildman–Crippen LogP) is 6.02. The number of phenols is 1. The average molecular weight is 587 g/mol. The smallest absolute Gasteiger partial charge is 0.271 e. The maximum atomic E-state index is 13.6. The third-order valence-electron chi connectivity index (χ3n) is 6.90. The van der Waals surface area contributed by atoms with Gasteiger partial charge in [-0.2, -0.15) is 5.10 Å². The number of amides is 1. The van der Waals surface area contributed by atoms with E-state index in [2.05, 4.69) is 26.5 Å². The Kier molecular flexibility index (Phi) is 6.33. The number of nitrogens with zero attached hydrogens (tertiary/aromatic N) is 3. The zero-order chi connectivity index (χ0) is 26.4. The number of hydrogen-bond acceptors (Lipinski definition) is 6. The van der Waals surface area contributed by atoms with Gasteiger partial charge in [-0.25, -0.2) is 10.4 Å². The van der Waals surface area contributed by atoms with Crippen LogP contribution < -0.4 is 11.0 Å². The Balaban J connectivity index is 1.32. The van der Waals surface area contributed by atoms with Gasteiger partial charge in [0, 0.05) is 16.0 Å². The van der Waals surface area contributed by atoms with Crippen molar-refractivity contribution in [1.82, 2.24) is 15.0 Å². The van der Waals surface area contributed by atoms with Crippen molar-refractivity contribution in [3.63, 3.8) is 0 Å². The monoisotopic (exact) mass is 586 g/mol. The van der Waals surface area contributed by atoms with Crippen molar-refractivity contribution in [2.45, 2.75) is 32.6 Å². The molecule has 7 nitrogen and oxygen atoms in total. The van der Waals surface area contributed by atoms with E-state index in [9.17, 15) is 14.7 Å². The summed E-state index contributed by atoms with van der Waals surface area (Å²) in [6.07, 6.45) is 5.55. The van der Waals surface area contributed by atoms with Gasteiger partial charge in [-0.15, -0.1) is 11.3 Å². The molecule has 0 spiro atoms. The number of halogens is 1. The van der Waals surface area contributed by atoms with E-state index in [1.54, 1.807) is 40.2 Å². The molecule has 1 aliphatic rings. The summed E-state index contributed by atoms with van der Waals surface area (Å²) in [7, 11) is 0. The Morgan fingerprint density at radius 3 is 2.84 bits per heavy atom. The topological polar surface area (TPSA) is 96.6 Å². The summed E-state index contributed by atoms with van der Waals surface area (Å²) in [4.78, 5) is 33.4. The van der Waals surface area contributed by atoms with Crippen molar-refractivity contribution in [3.8, 4) is 11.4 Å². The first-order valence-corrected chi connectivity index (χ1v) is 13.9. The van der Waals surface area contributed by atoms with Crippen molar-refractivity contribution >= 4 is 60.4 Å². The largest absolute Gasteiger partial charge is 0.506 e. The first-order chi connectivity index (χ1) is 18.4. The molecule has 0 saturated heterocycles. The summed E-state index contributed by atoms with van der Waals surface area (Å²) in [5, 5.41) is 17.1. The van der Waals surface area contributed by atoms with Gasteiger partial charge in [0.15, 0.2) is 0 Å². The summed E-state index contributed by atoms with van der Waals surface area (Å²) < 4.78 is 2.12. The average Bonchev–Trinajstić information content (AvgIpc) is 3.29. The third-order valence-corrected chi connectivity index (χ3v) is 8.69. The fourth-order valence-electron chi connectivity index (χ4n) is 5.08. The zero-order valence-electron chi connectivity index (χ0n) is 20.5. The number of aryl methyl sites for hydroxylation is 3. The highest BCUT2D eigenvalue weighted by molar-refractivity contribution is 9.10. The minimum absolute atomic E-state index is 0.0389. The minimum atomic E-state index is -0.436. The van der Waals surface area contributed by atoms with Gasteiger partial charge in [-0.3, -0.25) is 14.2 Å². The molecule has 0 radical (unpaired) electrons. The summed E-state index contributed by atoms with van der Waals surface area (Å²) in [6.45, 7) is 1.81. The maximum Gasteiger partial charge on any atom is 0.271 e. The maximum absolute atomic E-state index is 13.6. The Hall–Kier alpha value is -3.82. The molecule has 0 aliphatic heterocycles. The van der Waals surface area contributed by atoms with Gasteiger partial charge in [0.05, 0.1) is 21.8 Å². The van der Waals surface area contributed by atoms with Gasteiger partial charge in [0.25, 0.3) is 11.5 Å². The van der Waals surface area contributed by atoms with E-state index in [4.69, 9.17) is 4.98 Å². The number of carbonyl (C=O) groups excluding carboxylic acids is 1. The Morgan fingerprint density at radius 1 is 1.16 bits per heavy atom. The Labute approximate surface area is 230 Å². The number of rotatable bonds is 4. The van der Waals surface area contributed by atoms with Gasteiger partial charge in [0.1, 0.15) is 16.4 Å². The quantitative estimate of drug-likeness (QED) is 0.199. The summed E-state index contributed by atoms with van der Waals surface area (Å²) in [5.41, 5.74) is 4.98. The van der Waals surface area contributed by atoms with Crippen LogP contribution in [0.25, 0.3) is 26.7 Å². The molecule has 2 heterocycles. The summed E-state index contributed by atoms with van der Waals surface area (Å²) in [6, 6.07) is 16.3. The molecule has 0 bridgehead atoms. The van der Waals surface area contributed by atoms with Crippen molar-refractivity contribution in [2.24, 2.45) is 5.10 Å². The number of nitrogens with one attached hydrogen (secondary N) is 1. The molecule has 6 rings (SSSR count). The van der Waals surface area contributed by atoms with E-state index in [-0.39, 0.29) is 11.3 Å². The van der Waals surface area contributed by atoms with Crippen LogP contribution in [0.1, 0.15) is 45.0 Å². The fourth-order valence-corrected chi connectivity index (χ4v) is 6.83.